The number of rotatable bonds is 1. The zero-order valence-electron chi connectivity index (χ0n) is 12.3. The second-order valence-corrected chi connectivity index (χ2v) is 6.58. The van der Waals surface area contributed by atoms with Gasteiger partial charge in [-0.05, 0) is 45.3 Å². The number of hydrogen-bond donors (Lipinski definition) is 0. The van der Waals surface area contributed by atoms with E-state index >= 15 is 0 Å². The smallest absolute Gasteiger partial charge is 0.441 e. The molecule has 2 aromatic rings. The monoisotopic (exact) mass is 293 g/mol. The van der Waals surface area contributed by atoms with Crippen LogP contribution in [0, 0.1) is 6.92 Å². The van der Waals surface area contributed by atoms with Crippen LogP contribution in [-0.4, -0.2) is 23.3 Å². The molecule has 1 aliphatic heterocycles. The number of hydrogen-bond acceptors (Lipinski definition) is 4. The molecule has 4 nitrogen and oxygen atoms in total. The number of oxazole rings is 1. The molecule has 0 unspecified atom stereocenters. The van der Waals surface area contributed by atoms with E-state index in [1.54, 1.807) is 6.92 Å². The average Bonchev–Trinajstić information content (AvgIpc) is 2.77. The molecule has 0 atom stereocenters. The predicted octanol–water partition coefficient (Wildman–Crippen LogP) is 3.09. The lowest BCUT2D eigenvalue weighted by molar-refractivity contribution is 0.00578. The number of halogens is 1. The minimum atomic E-state index is -0.452. The van der Waals surface area contributed by atoms with Gasteiger partial charge in [0, 0.05) is 6.92 Å². The van der Waals surface area contributed by atoms with Crippen LogP contribution in [0.5, 0.6) is 0 Å². The van der Waals surface area contributed by atoms with Crippen LogP contribution in [0.4, 0.5) is 0 Å². The lowest BCUT2D eigenvalue weighted by Crippen LogP contribution is -2.41. The fraction of sp³-hybridized carbons (Fsp3) is 0.500. The van der Waals surface area contributed by atoms with E-state index in [1.165, 1.54) is 0 Å². The van der Waals surface area contributed by atoms with Gasteiger partial charge in [-0.3, -0.25) is 0 Å². The molecule has 2 heterocycles. The van der Waals surface area contributed by atoms with E-state index in [9.17, 15) is 0 Å². The Morgan fingerprint density at radius 1 is 1.10 bits per heavy atom. The topological polar surface area (TPSA) is 44.5 Å². The summed E-state index contributed by atoms with van der Waals surface area (Å²) in [6, 6.07) is 3.71. The third kappa shape index (κ3) is 2.05. The largest absolute Gasteiger partial charge is 0.495 e. The molecule has 1 saturated heterocycles. The molecule has 1 fully saturated rings. The molecule has 1 aliphatic rings. The summed E-state index contributed by atoms with van der Waals surface area (Å²) in [7, 11) is -0.452. The second-order valence-electron chi connectivity index (χ2n) is 6.17. The molecule has 106 valence electrons. The summed E-state index contributed by atoms with van der Waals surface area (Å²) in [5, 5.41) is 0.545. The van der Waals surface area contributed by atoms with Gasteiger partial charge in [-0.25, -0.2) is 4.98 Å². The summed E-state index contributed by atoms with van der Waals surface area (Å²) >= 11 is 6.26. The Morgan fingerprint density at radius 3 is 2.30 bits per heavy atom. The van der Waals surface area contributed by atoms with Gasteiger partial charge in [0.15, 0.2) is 11.5 Å². The number of nitrogens with zero attached hydrogens (tertiary/aromatic N) is 1. The van der Waals surface area contributed by atoms with Crippen LogP contribution in [0.2, 0.25) is 5.02 Å². The van der Waals surface area contributed by atoms with Crippen molar-refractivity contribution in [2.75, 3.05) is 0 Å². The van der Waals surface area contributed by atoms with Crippen molar-refractivity contribution < 1.29 is 13.7 Å². The molecule has 0 radical (unpaired) electrons. The number of fused-ring (bicyclic) bond motifs is 1. The molecule has 3 rings (SSSR count). The summed E-state index contributed by atoms with van der Waals surface area (Å²) < 4.78 is 17.6. The predicted molar refractivity (Wildman–Crippen MR) is 79.5 cm³/mol. The van der Waals surface area contributed by atoms with E-state index in [1.807, 2.05) is 39.8 Å². The summed E-state index contributed by atoms with van der Waals surface area (Å²) in [4.78, 5) is 4.26. The van der Waals surface area contributed by atoms with Gasteiger partial charge in [0.2, 0.25) is 0 Å². The van der Waals surface area contributed by atoms with E-state index in [2.05, 4.69) is 4.98 Å². The van der Waals surface area contributed by atoms with Crippen LogP contribution in [0.1, 0.15) is 33.6 Å². The third-order valence-electron chi connectivity index (χ3n) is 4.10. The second kappa shape index (κ2) is 4.23. The highest BCUT2D eigenvalue weighted by molar-refractivity contribution is 6.62. The van der Waals surface area contributed by atoms with Crippen LogP contribution in [-0.2, 0) is 9.31 Å². The standard InChI is InChI=1S/C14H17BClNO3/c1-8-17-12-10(16)6-9(7-11(12)18-8)15-19-13(2,3)14(4,5)20-15/h6-7H,1-5H3. The van der Waals surface area contributed by atoms with Crippen molar-refractivity contribution in [3.05, 3.63) is 23.0 Å². The van der Waals surface area contributed by atoms with Crippen molar-refractivity contribution in [3.63, 3.8) is 0 Å². The van der Waals surface area contributed by atoms with E-state index in [0.29, 0.717) is 22.0 Å². The normalized spacial score (nSPS) is 20.8. The van der Waals surface area contributed by atoms with Crippen molar-refractivity contribution in [1.29, 1.82) is 0 Å². The average molecular weight is 294 g/mol. The fourth-order valence-electron chi connectivity index (χ4n) is 2.23. The molecule has 0 N–H and O–H groups in total. The number of benzene rings is 1. The molecule has 0 spiro atoms. The van der Waals surface area contributed by atoms with Crippen molar-refractivity contribution in [1.82, 2.24) is 4.98 Å². The maximum Gasteiger partial charge on any atom is 0.495 e. The van der Waals surface area contributed by atoms with E-state index in [-0.39, 0.29) is 11.2 Å². The summed E-state index contributed by atoms with van der Waals surface area (Å²) in [6.45, 7) is 9.87. The summed E-state index contributed by atoms with van der Waals surface area (Å²) in [5.74, 6) is 0.591. The minimum Gasteiger partial charge on any atom is -0.441 e. The van der Waals surface area contributed by atoms with Gasteiger partial charge in [-0.2, -0.15) is 0 Å². The van der Waals surface area contributed by atoms with Gasteiger partial charge < -0.3 is 13.7 Å². The third-order valence-corrected chi connectivity index (χ3v) is 4.39. The lowest BCUT2D eigenvalue weighted by Gasteiger charge is -2.32. The highest BCUT2D eigenvalue weighted by Gasteiger charge is 2.51. The van der Waals surface area contributed by atoms with Gasteiger partial charge >= 0.3 is 7.12 Å². The highest BCUT2D eigenvalue weighted by atomic mass is 35.5. The van der Waals surface area contributed by atoms with E-state index in [4.69, 9.17) is 25.3 Å². The molecular formula is C14H17BClNO3. The molecule has 0 bridgehead atoms. The molecule has 0 saturated carbocycles. The Kier molecular flexibility index (Phi) is 2.94. The first kappa shape index (κ1) is 13.9. The van der Waals surface area contributed by atoms with Crippen molar-refractivity contribution in [2.24, 2.45) is 0 Å². The molecular weight excluding hydrogens is 276 g/mol. The summed E-state index contributed by atoms with van der Waals surface area (Å²) in [5.41, 5.74) is 1.41. The van der Waals surface area contributed by atoms with E-state index in [0.717, 1.165) is 5.46 Å². The van der Waals surface area contributed by atoms with Crippen LogP contribution < -0.4 is 5.46 Å². The molecule has 20 heavy (non-hydrogen) atoms. The Morgan fingerprint density at radius 2 is 1.70 bits per heavy atom. The molecule has 0 aliphatic carbocycles. The minimum absolute atomic E-state index is 0.379. The van der Waals surface area contributed by atoms with Crippen molar-refractivity contribution >= 4 is 35.3 Å². The fourth-order valence-corrected chi connectivity index (χ4v) is 2.50. The molecule has 1 aromatic heterocycles. The van der Waals surface area contributed by atoms with Gasteiger partial charge in [-0.1, -0.05) is 11.6 Å². The maximum atomic E-state index is 6.26. The van der Waals surface area contributed by atoms with Gasteiger partial charge in [-0.15, -0.1) is 0 Å². The Balaban J connectivity index is 2.04. The van der Waals surface area contributed by atoms with Gasteiger partial charge in [0.25, 0.3) is 0 Å². The Labute approximate surface area is 123 Å². The van der Waals surface area contributed by atoms with E-state index < -0.39 is 7.12 Å². The molecule has 0 amide bonds. The van der Waals surface area contributed by atoms with Crippen LogP contribution in [0.25, 0.3) is 11.1 Å². The van der Waals surface area contributed by atoms with Crippen LogP contribution >= 0.6 is 11.6 Å². The Bertz CT molecular complexity index is 664. The molecule has 1 aromatic carbocycles. The lowest BCUT2D eigenvalue weighted by atomic mass is 9.79. The summed E-state index contributed by atoms with van der Waals surface area (Å²) in [6.07, 6.45) is 0. The zero-order chi connectivity index (χ0) is 14.7. The quantitative estimate of drug-likeness (QED) is 0.758. The van der Waals surface area contributed by atoms with Crippen LogP contribution in [0.15, 0.2) is 16.5 Å². The first-order valence-electron chi connectivity index (χ1n) is 6.62. The first-order valence-corrected chi connectivity index (χ1v) is 7.00. The maximum absolute atomic E-state index is 6.26. The first-order chi connectivity index (χ1) is 9.19. The van der Waals surface area contributed by atoms with Gasteiger partial charge in [0.1, 0.15) is 5.52 Å². The van der Waals surface area contributed by atoms with Crippen molar-refractivity contribution in [3.8, 4) is 0 Å². The van der Waals surface area contributed by atoms with Gasteiger partial charge in [0.05, 0.1) is 16.2 Å². The molecule has 6 heteroatoms. The zero-order valence-corrected chi connectivity index (χ0v) is 13.0. The Hall–Kier alpha value is -1.04. The number of aromatic nitrogens is 1. The van der Waals surface area contributed by atoms with Crippen molar-refractivity contribution in [2.45, 2.75) is 45.8 Å². The SMILES string of the molecule is Cc1nc2c(Cl)cc(B3OC(C)(C)C(C)(C)O3)cc2o1. The van der Waals surface area contributed by atoms with Crippen LogP contribution in [0.3, 0.4) is 0 Å². The number of aryl methyl sites for hydroxylation is 1. The highest BCUT2D eigenvalue weighted by Crippen LogP contribution is 2.37.